The van der Waals surface area contributed by atoms with Crippen molar-refractivity contribution in [2.45, 2.75) is 31.4 Å². The Morgan fingerprint density at radius 1 is 1.29 bits per heavy atom. The van der Waals surface area contributed by atoms with Crippen molar-refractivity contribution in [3.63, 3.8) is 0 Å². The van der Waals surface area contributed by atoms with E-state index in [4.69, 9.17) is 34.7 Å². The van der Waals surface area contributed by atoms with Crippen LogP contribution in [0.5, 0.6) is 0 Å². The molecule has 3 amide bonds. The molecule has 0 bridgehead atoms. The zero-order valence-electron chi connectivity index (χ0n) is 16.1. The topological polar surface area (TPSA) is 123 Å². The molecule has 7 nitrogen and oxygen atoms in total. The van der Waals surface area contributed by atoms with Crippen molar-refractivity contribution >= 4 is 40.8 Å². The molecule has 12 heteroatoms. The molecule has 0 radical (unpaired) electrons. The highest BCUT2D eigenvalue weighted by atomic mass is 35.5. The van der Waals surface area contributed by atoms with E-state index in [9.17, 15) is 18.4 Å². The van der Waals surface area contributed by atoms with E-state index in [0.29, 0.717) is 0 Å². The molecule has 2 aromatic rings. The third kappa shape index (κ3) is 4.41. The molecule has 0 saturated heterocycles. The molecule has 0 aliphatic heterocycles. The molecule has 6 N–H and O–H groups in total. The van der Waals surface area contributed by atoms with Crippen LogP contribution in [0.1, 0.15) is 28.0 Å². The first-order valence-corrected chi connectivity index (χ1v) is 9.77. The summed E-state index contributed by atoms with van der Waals surface area (Å²) in [6.45, 7) is 1.33. The smallest absolute Gasteiger partial charge is 0.313 e. The third-order valence-electron chi connectivity index (χ3n) is 5.08. The number of hydrogen-bond donors (Lipinski definition) is 4. The molecular weight excluding hydrogens is 458 g/mol. The van der Waals surface area contributed by atoms with E-state index in [0.717, 1.165) is 6.07 Å². The lowest BCUT2D eigenvalue weighted by atomic mass is 9.83. The molecule has 31 heavy (non-hydrogen) atoms. The van der Waals surface area contributed by atoms with Gasteiger partial charge in [0.25, 0.3) is 12.3 Å². The predicted molar refractivity (Wildman–Crippen MR) is 110 cm³/mol. The van der Waals surface area contributed by atoms with Crippen LogP contribution in [0.25, 0.3) is 0 Å². The number of nitrogens with zero attached hydrogens (tertiary/aromatic N) is 1. The Bertz CT molecular complexity index is 1060. The number of anilines is 1. The number of aryl methyl sites for hydroxylation is 1. The number of primary amides is 1. The van der Waals surface area contributed by atoms with Gasteiger partial charge in [0.2, 0.25) is 0 Å². The average molecular weight is 476 g/mol. The lowest BCUT2D eigenvalue weighted by molar-refractivity contribution is 0.0170. The average Bonchev–Trinajstić information content (AvgIpc) is 3.39. The minimum Gasteiger partial charge on any atom is -0.352 e. The number of aromatic nitrogens is 1. The monoisotopic (exact) mass is 475 g/mol. The van der Waals surface area contributed by atoms with Gasteiger partial charge in [0.15, 0.2) is 0 Å². The number of halogens is 5. The first-order valence-electron chi connectivity index (χ1n) is 9.01. The Balaban J connectivity index is 2.07. The SMILES string of the molecule is Cc1cc(NC(=O)c2ncc(Cl)cc2Cl)cc([C@](NC(N)=O)(C(F)F)[C@H]2C[C@H]2N)c1F. The number of urea groups is 1. The highest BCUT2D eigenvalue weighted by molar-refractivity contribution is 6.36. The molecule has 0 unspecified atom stereocenters. The van der Waals surface area contributed by atoms with Gasteiger partial charge in [-0.1, -0.05) is 23.2 Å². The first-order chi connectivity index (χ1) is 14.5. The third-order valence-corrected chi connectivity index (χ3v) is 5.57. The van der Waals surface area contributed by atoms with Crippen LogP contribution < -0.4 is 22.1 Å². The zero-order chi connectivity index (χ0) is 23.1. The van der Waals surface area contributed by atoms with Crippen molar-refractivity contribution in [1.82, 2.24) is 10.3 Å². The highest BCUT2D eigenvalue weighted by Crippen LogP contribution is 2.50. The number of amides is 3. The van der Waals surface area contributed by atoms with Gasteiger partial charge >= 0.3 is 6.03 Å². The number of benzene rings is 1. The van der Waals surface area contributed by atoms with Crippen LogP contribution in [0.3, 0.4) is 0 Å². The minimum absolute atomic E-state index is 0.0165. The van der Waals surface area contributed by atoms with Gasteiger partial charge in [-0.15, -0.1) is 0 Å². The molecule has 1 aromatic heterocycles. The summed E-state index contributed by atoms with van der Waals surface area (Å²) in [5.74, 6) is -2.70. The summed E-state index contributed by atoms with van der Waals surface area (Å²) < 4.78 is 43.7. The Hall–Kier alpha value is -2.56. The Labute approximate surface area is 185 Å². The fourth-order valence-electron chi connectivity index (χ4n) is 3.55. The molecule has 1 heterocycles. The van der Waals surface area contributed by atoms with E-state index in [1.165, 1.54) is 25.3 Å². The Morgan fingerprint density at radius 2 is 1.94 bits per heavy atom. The Kier molecular flexibility index (Phi) is 6.35. The molecule has 3 rings (SSSR count). The molecule has 1 aliphatic rings. The normalized spacial score (nSPS) is 19.6. The lowest BCUT2D eigenvalue weighted by Gasteiger charge is -2.35. The van der Waals surface area contributed by atoms with Crippen LogP contribution in [0, 0.1) is 18.7 Å². The number of nitrogens with two attached hydrogens (primary N) is 2. The van der Waals surface area contributed by atoms with Crippen molar-refractivity contribution in [1.29, 1.82) is 0 Å². The van der Waals surface area contributed by atoms with Gasteiger partial charge in [-0.3, -0.25) is 4.79 Å². The van der Waals surface area contributed by atoms with E-state index in [1.54, 1.807) is 0 Å². The van der Waals surface area contributed by atoms with E-state index in [1.807, 2.05) is 5.32 Å². The maximum atomic E-state index is 15.0. The van der Waals surface area contributed by atoms with Crippen LogP contribution in [0.4, 0.5) is 23.7 Å². The fourth-order valence-corrected chi connectivity index (χ4v) is 4.02. The number of hydrogen-bond acceptors (Lipinski definition) is 4. The van der Waals surface area contributed by atoms with Gasteiger partial charge in [0.05, 0.1) is 10.0 Å². The maximum Gasteiger partial charge on any atom is 0.313 e. The molecule has 0 spiro atoms. The van der Waals surface area contributed by atoms with E-state index in [-0.39, 0.29) is 33.4 Å². The number of carbonyl (C=O) groups is 2. The number of pyridine rings is 1. The molecule has 3 atom stereocenters. The van der Waals surface area contributed by atoms with Gasteiger partial charge in [-0.05, 0) is 37.1 Å². The summed E-state index contributed by atoms with van der Waals surface area (Å²) in [7, 11) is 0. The summed E-state index contributed by atoms with van der Waals surface area (Å²) in [5.41, 5.74) is 7.66. The predicted octanol–water partition coefficient (Wildman–Crippen LogP) is 3.56. The second-order valence-corrected chi connectivity index (χ2v) is 8.10. The molecular formula is C19H18Cl2F3N5O2. The van der Waals surface area contributed by atoms with Gasteiger partial charge in [-0.2, -0.15) is 0 Å². The van der Waals surface area contributed by atoms with Crippen LogP contribution in [-0.2, 0) is 5.54 Å². The second kappa shape index (κ2) is 8.52. The zero-order valence-corrected chi connectivity index (χ0v) is 17.6. The number of alkyl halides is 2. The van der Waals surface area contributed by atoms with Crippen LogP contribution >= 0.6 is 23.2 Å². The first kappa shape index (κ1) is 23.1. The van der Waals surface area contributed by atoms with Crippen LogP contribution in [0.2, 0.25) is 10.0 Å². The lowest BCUT2D eigenvalue weighted by Crippen LogP contribution is -2.56. The van der Waals surface area contributed by atoms with Crippen molar-refractivity contribution in [2.24, 2.45) is 17.4 Å². The van der Waals surface area contributed by atoms with Crippen molar-refractivity contribution in [3.8, 4) is 0 Å². The van der Waals surface area contributed by atoms with Gasteiger partial charge < -0.3 is 22.1 Å². The van der Waals surface area contributed by atoms with Crippen molar-refractivity contribution < 1.29 is 22.8 Å². The van der Waals surface area contributed by atoms with E-state index < -0.39 is 47.2 Å². The van der Waals surface area contributed by atoms with E-state index >= 15 is 4.39 Å². The van der Waals surface area contributed by atoms with Crippen LogP contribution in [-0.4, -0.2) is 29.4 Å². The maximum absolute atomic E-state index is 15.0. The number of carbonyl (C=O) groups excluding carboxylic acids is 2. The highest BCUT2D eigenvalue weighted by Gasteiger charge is 2.59. The molecule has 1 saturated carbocycles. The fraction of sp³-hybridized carbons (Fsp3) is 0.316. The van der Waals surface area contributed by atoms with Crippen LogP contribution in [0.15, 0.2) is 24.4 Å². The molecule has 166 valence electrons. The number of nitrogens with one attached hydrogen (secondary N) is 2. The van der Waals surface area contributed by atoms with Gasteiger partial charge in [0, 0.05) is 29.4 Å². The largest absolute Gasteiger partial charge is 0.352 e. The summed E-state index contributed by atoms with van der Waals surface area (Å²) in [6.07, 6.45) is -1.90. The Morgan fingerprint density at radius 3 is 2.45 bits per heavy atom. The standard InChI is InChI=1S/C19H18Cl2F3N5O2/c1-7-2-9(28-16(30)15-12(21)3-8(20)6-27-15)4-11(14(7)22)19(17(23)24,29-18(26)31)10-5-13(10)25/h2-4,6,10,13,17H,5,25H2,1H3,(H,28,30)(H3,26,29,31)/t10-,13+,19-/m0/s1. The number of rotatable bonds is 6. The van der Waals surface area contributed by atoms with Gasteiger partial charge in [0.1, 0.15) is 17.1 Å². The second-order valence-electron chi connectivity index (χ2n) is 7.26. The molecule has 1 aromatic carbocycles. The van der Waals surface area contributed by atoms with Crippen molar-refractivity contribution in [3.05, 3.63) is 57.1 Å². The van der Waals surface area contributed by atoms with E-state index in [2.05, 4.69) is 10.3 Å². The van der Waals surface area contributed by atoms with Gasteiger partial charge in [-0.25, -0.2) is 22.9 Å². The summed E-state index contributed by atoms with van der Waals surface area (Å²) in [5, 5.41) is 4.62. The van der Waals surface area contributed by atoms with Crippen molar-refractivity contribution in [2.75, 3.05) is 5.32 Å². The molecule has 1 fully saturated rings. The quantitative estimate of drug-likeness (QED) is 0.509. The summed E-state index contributed by atoms with van der Waals surface area (Å²) >= 11 is 11.7. The summed E-state index contributed by atoms with van der Waals surface area (Å²) in [4.78, 5) is 28.0. The molecule has 1 aliphatic carbocycles. The summed E-state index contributed by atoms with van der Waals surface area (Å²) in [6, 6.07) is 1.61. The minimum atomic E-state index is -3.23.